The van der Waals surface area contributed by atoms with Gasteiger partial charge in [0.1, 0.15) is 0 Å². The summed E-state index contributed by atoms with van der Waals surface area (Å²) in [6.07, 6.45) is 4.73. The summed E-state index contributed by atoms with van der Waals surface area (Å²) in [4.78, 5) is 6.39. The van der Waals surface area contributed by atoms with E-state index in [4.69, 9.17) is 0 Å². The molecule has 0 bridgehead atoms. The van der Waals surface area contributed by atoms with E-state index in [0.29, 0.717) is 11.8 Å². The van der Waals surface area contributed by atoms with Gasteiger partial charge >= 0.3 is 0 Å². The first kappa shape index (κ1) is 14.7. The number of nitrogens with zero attached hydrogens (tertiary/aromatic N) is 3. The van der Waals surface area contributed by atoms with Gasteiger partial charge in [-0.25, -0.2) is 8.42 Å². The third-order valence-corrected chi connectivity index (χ3v) is 5.52. The molecule has 0 radical (unpaired) electrons. The lowest BCUT2D eigenvalue weighted by atomic mass is 9.86. The van der Waals surface area contributed by atoms with Gasteiger partial charge in [-0.1, -0.05) is 26.7 Å². The third kappa shape index (κ3) is 3.45. The van der Waals surface area contributed by atoms with Gasteiger partial charge in [-0.05, 0) is 18.3 Å². The molecule has 19 heavy (non-hydrogen) atoms. The van der Waals surface area contributed by atoms with Crippen LogP contribution in [0, 0.1) is 11.8 Å². The molecule has 0 aliphatic carbocycles. The average molecular weight is 303 g/mol. The predicted molar refractivity (Wildman–Crippen MR) is 77.4 cm³/mol. The number of hydrogen-bond donors (Lipinski definition) is 0. The Kier molecular flexibility index (Phi) is 4.45. The Labute approximate surface area is 119 Å². The molecule has 0 spiro atoms. The molecule has 5 nitrogen and oxygen atoms in total. The van der Waals surface area contributed by atoms with Gasteiger partial charge in [0.2, 0.25) is 15.0 Å². The third-order valence-electron chi connectivity index (χ3n) is 3.78. The fraction of sp³-hybridized carbons (Fsp3) is 0.833. The molecule has 1 aliphatic heterocycles. The fourth-order valence-corrected chi connectivity index (χ4v) is 4.10. The van der Waals surface area contributed by atoms with Gasteiger partial charge in [0, 0.05) is 30.9 Å². The van der Waals surface area contributed by atoms with Crippen LogP contribution in [0.2, 0.25) is 0 Å². The highest BCUT2D eigenvalue weighted by molar-refractivity contribution is 7.90. The van der Waals surface area contributed by atoms with Gasteiger partial charge in [0.05, 0.1) is 0 Å². The van der Waals surface area contributed by atoms with Gasteiger partial charge < -0.3 is 4.90 Å². The maximum absolute atomic E-state index is 11.4. The molecule has 108 valence electrons. The maximum Gasteiger partial charge on any atom is 0.260 e. The van der Waals surface area contributed by atoms with E-state index < -0.39 is 9.84 Å². The van der Waals surface area contributed by atoms with E-state index in [1.165, 1.54) is 18.0 Å². The van der Waals surface area contributed by atoms with Crippen molar-refractivity contribution in [1.29, 1.82) is 0 Å². The minimum absolute atomic E-state index is 0.0424. The van der Waals surface area contributed by atoms with Gasteiger partial charge in [0.15, 0.2) is 0 Å². The first-order valence-electron chi connectivity index (χ1n) is 6.72. The number of aromatic nitrogens is 2. The van der Waals surface area contributed by atoms with E-state index in [-0.39, 0.29) is 5.16 Å². The molecule has 2 atom stereocenters. The molecule has 0 amide bonds. The molecular weight excluding hydrogens is 282 g/mol. The van der Waals surface area contributed by atoms with Crippen LogP contribution in [0.25, 0.3) is 0 Å². The van der Waals surface area contributed by atoms with Crippen molar-refractivity contribution in [1.82, 2.24) is 9.36 Å². The molecule has 1 saturated heterocycles. The minimum Gasteiger partial charge on any atom is -0.346 e. The standard InChI is InChI=1S/C12H21N3O2S2/c1-4-9-6-10(5-2)8-15(7-9)12-13-11(14-18-12)19(3,16)17/h9-10H,4-8H2,1-3H3. The van der Waals surface area contributed by atoms with Gasteiger partial charge in [0.25, 0.3) is 5.16 Å². The van der Waals surface area contributed by atoms with Crippen LogP contribution in [-0.4, -0.2) is 37.1 Å². The SMILES string of the molecule is CCC1CC(CC)CN(c2nc(S(C)(=O)=O)ns2)C1. The average Bonchev–Trinajstić information content (AvgIpc) is 2.87. The van der Waals surface area contributed by atoms with Crippen molar-refractivity contribution in [3.05, 3.63) is 0 Å². The Bertz CT molecular complexity index is 515. The van der Waals surface area contributed by atoms with Crippen LogP contribution in [0.3, 0.4) is 0 Å². The molecule has 7 heteroatoms. The zero-order chi connectivity index (χ0) is 14.0. The summed E-state index contributed by atoms with van der Waals surface area (Å²) in [6.45, 7) is 6.35. The van der Waals surface area contributed by atoms with Crippen molar-refractivity contribution >= 4 is 26.5 Å². The first-order valence-corrected chi connectivity index (χ1v) is 9.39. The minimum atomic E-state index is -3.30. The Balaban J connectivity index is 2.18. The van der Waals surface area contributed by atoms with Crippen LogP contribution in [0.1, 0.15) is 33.1 Å². The lowest BCUT2D eigenvalue weighted by Crippen LogP contribution is -2.40. The summed E-state index contributed by atoms with van der Waals surface area (Å²) in [5, 5.41) is 0.705. The maximum atomic E-state index is 11.4. The first-order chi connectivity index (χ1) is 8.94. The number of hydrogen-bond acceptors (Lipinski definition) is 6. The molecule has 1 aromatic rings. The highest BCUT2D eigenvalue weighted by atomic mass is 32.2. The van der Waals surface area contributed by atoms with E-state index in [0.717, 1.165) is 37.3 Å². The molecule has 1 fully saturated rings. The van der Waals surface area contributed by atoms with Crippen molar-refractivity contribution in [3.63, 3.8) is 0 Å². The van der Waals surface area contributed by atoms with E-state index in [1.807, 2.05) is 0 Å². The monoisotopic (exact) mass is 303 g/mol. The molecule has 2 heterocycles. The van der Waals surface area contributed by atoms with E-state index in [2.05, 4.69) is 28.1 Å². The summed E-state index contributed by atoms with van der Waals surface area (Å²) in [5.74, 6) is 1.34. The predicted octanol–water partition coefficient (Wildman–Crippen LogP) is 2.20. The van der Waals surface area contributed by atoms with Crippen LogP contribution in [-0.2, 0) is 9.84 Å². The number of rotatable bonds is 4. The van der Waals surface area contributed by atoms with Crippen molar-refractivity contribution in [2.24, 2.45) is 11.8 Å². The Morgan fingerprint density at radius 3 is 2.26 bits per heavy atom. The fourth-order valence-electron chi connectivity index (χ4n) is 2.55. The molecule has 2 rings (SSSR count). The summed E-state index contributed by atoms with van der Waals surface area (Å²) in [5.41, 5.74) is 0. The Hall–Kier alpha value is -0.690. The van der Waals surface area contributed by atoms with Crippen LogP contribution < -0.4 is 4.90 Å². The number of anilines is 1. The Morgan fingerprint density at radius 2 is 1.84 bits per heavy atom. The lowest BCUT2D eigenvalue weighted by molar-refractivity contribution is 0.304. The molecule has 1 aliphatic rings. The highest BCUT2D eigenvalue weighted by Gasteiger charge is 2.28. The summed E-state index contributed by atoms with van der Waals surface area (Å²) < 4.78 is 26.8. The van der Waals surface area contributed by atoms with Crippen LogP contribution >= 0.6 is 11.5 Å². The molecule has 0 N–H and O–H groups in total. The van der Waals surface area contributed by atoms with Gasteiger partial charge in [-0.3, -0.25) is 0 Å². The zero-order valence-electron chi connectivity index (χ0n) is 11.7. The summed E-state index contributed by atoms with van der Waals surface area (Å²) >= 11 is 1.19. The van der Waals surface area contributed by atoms with Gasteiger partial charge in [-0.2, -0.15) is 9.36 Å². The number of piperidine rings is 1. The molecular formula is C12H21N3O2S2. The van der Waals surface area contributed by atoms with E-state index in [1.54, 1.807) is 0 Å². The summed E-state index contributed by atoms with van der Waals surface area (Å²) in [7, 11) is -3.30. The second-order valence-corrected chi connectivity index (χ2v) is 7.96. The molecule has 0 aromatic carbocycles. The smallest absolute Gasteiger partial charge is 0.260 e. The van der Waals surface area contributed by atoms with Crippen molar-refractivity contribution < 1.29 is 8.42 Å². The van der Waals surface area contributed by atoms with Crippen LogP contribution in [0.5, 0.6) is 0 Å². The molecule has 2 unspecified atom stereocenters. The second kappa shape index (κ2) is 5.75. The largest absolute Gasteiger partial charge is 0.346 e. The van der Waals surface area contributed by atoms with Crippen molar-refractivity contribution in [2.75, 3.05) is 24.2 Å². The van der Waals surface area contributed by atoms with Crippen LogP contribution in [0.15, 0.2) is 5.16 Å². The molecule has 0 saturated carbocycles. The van der Waals surface area contributed by atoms with Gasteiger partial charge in [-0.15, -0.1) is 0 Å². The van der Waals surface area contributed by atoms with E-state index >= 15 is 0 Å². The summed E-state index contributed by atoms with van der Waals surface area (Å²) in [6, 6.07) is 0. The molecule has 1 aromatic heterocycles. The van der Waals surface area contributed by atoms with Crippen molar-refractivity contribution in [2.45, 2.75) is 38.3 Å². The second-order valence-electron chi connectivity index (χ2n) is 5.32. The number of sulfone groups is 1. The zero-order valence-corrected chi connectivity index (χ0v) is 13.3. The van der Waals surface area contributed by atoms with E-state index in [9.17, 15) is 8.42 Å². The highest BCUT2D eigenvalue weighted by Crippen LogP contribution is 2.31. The van der Waals surface area contributed by atoms with Crippen LogP contribution in [0.4, 0.5) is 5.13 Å². The normalized spacial score (nSPS) is 24.7. The van der Waals surface area contributed by atoms with Crippen molar-refractivity contribution in [3.8, 4) is 0 Å². The lowest BCUT2D eigenvalue weighted by Gasteiger charge is -2.36. The Morgan fingerprint density at radius 1 is 1.26 bits per heavy atom. The quantitative estimate of drug-likeness (QED) is 0.853. The topological polar surface area (TPSA) is 63.2 Å².